The standard InChI is InChI=1S/C12H11NO3.C8H10O4.C6H7N/c1-2-16-12-9(10(14)11(12)15)13-8-6-4-3-5-7-8;1-3-11-7-5(9)6(10)8(7)12-4-2;7-6-4-2-1-3-5-6/h3-7,13H,2H2,1H3;3-4H2,1-2H3;1-5H,7H2. The molecule has 0 aliphatic rings. The zero-order valence-corrected chi connectivity index (χ0v) is 19.8. The predicted octanol–water partition coefficient (Wildman–Crippen LogP) is 2.77. The number of nitrogen functional groups attached to an aromatic ring is 1. The third-order valence-corrected chi connectivity index (χ3v) is 4.40. The van der Waals surface area contributed by atoms with Crippen LogP contribution in [0.5, 0.6) is 17.2 Å². The Hall–Kier alpha value is -4.40. The average Bonchev–Trinajstić information content (AvgIpc) is 2.89. The molecule has 0 fully saturated rings. The number of benzene rings is 2. The molecular formula is C26H28N2O7. The van der Waals surface area contributed by atoms with E-state index >= 15 is 0 Å². The first-order valence-electron chi connectivity index (χ1n) is 11.0. The molecule has 4 rings (SSSR count). The van der Waals surface area contributed by atoms with Crippen LogP contribution in [-0.2, 0) is 0 Å². The van der Waals surface area contributed by atoms with Gasteiger partial charge in [0.2, 0.25) is 11.5 Å². The molecule has 0 aliphatic carbocycles. The smallest absolute Gasteiger partial charge is 0.275 e. The fourth-order valence-corrected chi connectivity index (χ4v) is 2.79. The highest BCUT2D eigenvalue weighted by Gasteiger charge is 2.23. The molecule has 9 nitrogen and oxygen atoms in total. The Labute approximate surface area is 202 Å². The van der Waals surface area contributed by atoms with Crippen molar-refractivity contribution in [1.82, 2.24) is 0 Å². The first-order valence-corrected chi connectivity index (χ1v) is 11.0. The van der Waals surface area contributed by atoms with E-state index in [1.165, 1.54) is 0 Å². The molecule has 4 aromatic carbocycles. The molecule has 0 saturated heterocycles. The van der Waals surface area contributed by atoms with Gasteiger partial charge >= 0.3 is 0 Å². The van der Waals surface area contributed by atoms with Crippen LogP contribution in [0, 0.1) is 0 Å². The molecule has 0 saturated carbocycles. The summed E-state index contributed by atoms with van der Waals surface area (Å²) in [6.45, 7) is 6.35. The molecule has 3 N–H and O–H groups in total. The van der Waals surface area contributed by atoms with Crippen molar-refractivity contribution >= 4 is 17.1 Å². The van der Waals surface area contributed by atoms with Crippen molar-refractivity contribution in [2.75, 3.05) is 30.9 Å². The van der Waals surface area contributed by atoms with Gasteiger partial charge in [-0.05, 0) is 45.0 Å². The number of nitrogens with one attached hydrogen (secondary N) is 1. The van der Waals surface area contributed by atoms with Crippen LogP contribution in [0.15, 0.2) is 79.8 Å². The maximum atomic E-state index is 11.3. The van der Waals surface area contributed by atoms with Gasteiger partial charge in [-0.2, -0.15) is 0 Å². The number of ether oxygens (including phenoxy) is 3. The van der Waals surface area contributed by atoms with E-state index in [9.17, 15) is 19.2 Å². The lowest BCUT2D eigenvalue weighted by Gasteiger charge is -2.12. The van der Waals surface area contributed by atoms with Gasteiger partial charge in [0.1, 0.15) is 5.69 Å². The van der Waals surface area contributed by atoms with Gasteiger partial charge in [-0.25, -0.2) is 0 Å². The summed E-state index contributed by atoms with van der Waals surface area (Å²) < 4.78 is 14.9. The van der Waals surface area contributed by atoms with E-state index in [1.807, 2.05) is 60.7 Å². The number of anilines is 3. The van der Waals surface area contributed by atoms with Crippen LogP contribution in [0.2, 0.25) is 0 Å². The monoisotopic (exact) mass is 480 g/mol. The number of rotatable bonds is 8. The van der Waals surface area contributed by atoms with E-state index in [0.29, 0.717) is 19.8 Å². The van der Waals surface area contributed by atoms with Crippen molar-refractivity contribution in [1.29, 1.82) is 0 Å². The first kappa shape index (κ1) is 26.8. The first-order chi connectivity index (χ1) is 16.8. The third kappa shape index (κ3) is 7.04. The minimum atomic E-state index is -0.583. The van der Waals surface area contributed by atoms with Crippen molar-refractivity contribution in [3.8, 4) is 17.2 Å². The molecule has 0 spiro atoms. The highest BCUT2D eigenvalue weighted by Crippen LogP contribution is 2.22. The van der Waals surface area contributed by atoms with E-state index in [-0.39, 0.29) is 22.9 Å². The highest BCUT2D eigenvalue weighted by atomic mass is 16.5. The van der Waals surface area contributed by atoms with Crippen LogP contribution in [0.25, 0.3) is 0 Å². The molecule has 0 atom stereocenters. The van der Waals surface area contributed by atoms with Crippen molar-refractivity contribution < 1.29 is 14.2 Å². The van der Waals surface area contributed by atoms with E-state index in [1.54, 1.807) is 20.8 Å². The van der Waals surface area contributed by atoms with E-state index < -0.39 is 21.7 Å². The second-order valence-electron chi connectivity index (χ2n) is 6.88. The summed E-state index contributed by atoms with van der Waals surface area (Å²) in [5.41, 5.74) is 4.95. The zero-order chi connectivity index (χ0) is 25.8. The molecule has 4 aromatic rings. The molecule has 9 heteroatoms. The Morgan fingerprint density at radius 2 is 1.00 bits per heavy atom. The lowest BCUT2D eigenvalue weighted by molar-refractivity contribution is 0.274. The lowest BCUT2D eigenvalue weighted by Crippen LogP contribution is -2.35. The Bertz CT molecular complexity index is 1300. The largest absolute Gasteiger partial charge is 0.488 e. The minimum Gasteiger partial charge on any atom is -0.488 e. The van der Waals surface area contributed by atoms with Crippen LogP contribution in [0.3, 0.4) is 0 Å². The van der Waals surface area contributed by atoms with Crippen LogP contribution in [0.4, 0.5) is 17.1 Å². The van der Waals surface area contributed by atoms with Gasteiger partial charge in [0.05, 0.1) is 19.8 Å². The maximum absolute atomic E-state index is 11.3. The Kier molecular flexibility index (Phi) is 10.2. The Morgan fingerprint density at radius 1 is 0.600 bits per heavy atom. The third-order valence-electron chi connectivity index (χ3n) is 4.40. The molecule has 0 heterocycles. The fourth-order valence-electron chi connectivity index (χ4n) is 2.79. The van der Waals surface area contributed by atoms with Gasteiger partial charge in [-0.15, -0.1) is 0 Å². The van der Waals surface area contributed by atoms with E-state index in [2.05, 4.69) is 5.32 Å². The van der Waals surface area contributed by atoms with Gasteiger partial charge in [0.15, 0.2) is 5.75 Å². The summed E-state index contributed by atoms with van der Waals surface area (Å²) in [5.74, 6) is 0.282. The number of nitrogens with two attached hydrogens (primary N) is 1. The van der Waals surface area contributed by atoms with Crippen molar-refractivity contribution in [2.45, 2.75) is 20.8 Å². The highest BCUT2D eigenvalue weighted by molar-refractivity contribution is 5.69. The molecule has 0 bridgehead atoms. The van der Waals surface area contributed by atoms with Crippen LogP contribution >= 0.6 is 0 Å². The average molecular weight is 481 g/mol. The summed E-state index contributed by atoms with van der Waals surface area (Å²) in [6.07, 6.45) is 0. The van der Waals surface area contributed by atoms with Gasteiger partial charge in [0.25, 0.3) is 21.7 Å². The summed E-state index contributed by atoms with van der Waals surface area (Å²) in [6, 6.07) is 18.7. The fraction of sp³-hybridized carbons (Fsp3) is 0.231. The molecule has 35 heavy (non-hydrogen) atoms. The molecule has 0 unspecified atom stereocenters. The second-order valence-corrected chi connectivity index (χ2v) is 6.88. The summed E-state index contributed by atoms with van der Waals surface area (Å²) in [5, 5.41) is 2.88. The quantitative estimate of drug-likeness (QED) is 0.288. The summed E-state index contributed by atoms with van der Waals surface area (Å²) in [4.78, 5) is 44.1. The zero-order valence-electron chi connectivity index (χ0n) is 19.8. The van der Waals surface area contributed by atoms with Gasteiger partial charge in [-0.1, -0.05) is 36.4 Å². The van der Waals surface area contributed by atoms with Crippen molar-refractivity contribution in [3.63, 3.8) is 0 Å². The SMILES string of the molecule is CCOc1c(Nc2ccccc2)c(=O)c1=O.CCOc1c(OCC)c(=O)c1=O.Nc1ccccc1. The van der Waals surface area contributed by atoms with Gasteiger partial charge < -0.3 is 25.3 Å². The van der Waals surface area contributed by atoms with E-state index in [4.69, 9.17) is 19.9 Å². The predicted molar refractivity (Wildman–Crippen MR) is 137 cm³/mol. The van der Waals surface area contributed by atoms with Gasteiger partial charge in [0, 0.05) is 11.4 Å². The normalized spacial score (nSPS) is 9.91. The lowest BCUT2D eigenvalue weighted by atomic mass is 10.2. The second kappa shape index (κ2) is 13.3. The van der Waals surface area contributed by atoms with Crippen LogP contribution < -0.4 is 47.0 Å². The Morgan fingerprint density at radius 3 is 1.40 bits per heavy atom. The molecular weight excluding hydrogens is 452 g/mol. The molecule has 0 aliphatic heterocycles. The maximum Gasteiger partial charge on any atom is 0.275 e. The van der Waals surface area contributed by atoms with Crippen molar-refractivity contribution in [3.05, 3.63) is 102 Å². The topological polar surface area (TPSA) is 134 Å². The molecule has 0 amide bonds. The molecule has 0 aromatic heterocycles. The minimum absolute atomic E-state index is 0.0735. The van der Waals surface area contributed by atoms with Crippen LogP contribution in [-0.4, -0.2) is 19.8 Å². The Balaban J connectivity index is 0.000000200. The van der Waals surface area contributed by atoms with Crippen molar-refractivity contribution in [2.24, 2.45) is 0 Å². The number of hydrogen-bond acceptors (Lipinski definition) is 9. The number of hydrogen-bond donors (Lipinski definition) is 2. The molecule has 184 valence electrons. The summed E-state index contributed by atoms with van der Waals surface area (Å²) >= 11 is 0. The summed E-state index contributed by atoms with van der Waals surface area (Å²) in [7, 11) is 0. The molecule has 0 radical (unpaired) electrons. The number of para-hydroxylation sites is 2. The van der Waals surface area contributed by atoms with Crippen LogP contribution in [0.1, 0.15) is 20.8 Å². The van der Waals surface area contributed by atoms with Gasteiger partial charge in [-0.3, -0.25) is 19.2 Å². The van der Waals surface area contributed by atoms with E-state index in [0.717, 1.165) is 11.4 Å².